The fraction of sp³-hybridized carbons (Fsp3) is 0.455. The van der Waals surface area contributed by atoms with Gasteiger partial charge in [-0.3, -0.25) is 4.79 Å². The summed E-state index contributed by atoms with van der Waals surface area (Å²) >= 11 is 0. The number of nitrogens with one attached hydrogen (secondary N) is 2. The molecule has 0 aliphatic carbocycles. The van der Waals surface area contributed by atoms with Crippen LogP contribution in [0.1, 0.15) is 60.9 Å². The molecule has 154 valence electrons. The average molecular weight is 395 g/mol. The van der Waals surface area contributed by atoms with Crippen molar-refractivity contribution >= 4 is 17.7 Å². The van der Waals surface area contributed by atoms with Crippen molar-refractivity contribution in [3.8, 4) is 0 Å². The molecule has 0 bridgehead atoms. The first-order chi connectivity index (χ1) is 13.9. The number of hydrogen-bond acceptors (Lipinski definition) is 5. The van der Waals surface area contributed by atoms with Gasteiger partial charge in [-0.2, -0.15) is 5.10 Å². The minimum absolute atomic E-state index is 0.234. The summed E-state index contributed by atoms with van der Waals surface area (Å²) in [4.78, 5) is 26.6. The maximum Gasteiger partial charge on any atom is 0.273 e. The molecule has 2 N–H and O–H groups in total. The zero-order valence-electron chi connectivity index (χ0n) is 17.9. The topological polar surface area (TPSA) is 86.3 Å². The van der Waals surface area contributed by atoms with Crippen molar-refractivity contribution in [1.29, 1.82) is 0 Å². The van der Waals surface area contributed by atoms with Gasteiger partial charge in [-0.25, -0.2) is 15.4 Å². The highest BCUT2D eigenvalue weighted by atomic mass is 16.2. The number of hydrogen-bond donors (Lipinski definition) is 2. The van der Waals surface area contributed by atoms with Crippen LogP contribution >= 0.6 is 0 Å². The van der Waals surface area contributed by atoms with E-state index in [-0.39, 0.29) is 5.91 Å². The van der Waals surface area contributed by atoms with Gasteiger partial charge in [0.25, 0.3) is 5.91 Å². The summed E-state index contributed by atoms with van der Waals surface area (Å²) in [5.74, 6) is 0.547. The first-order valence-electron chi connectivity index (χ1n) is 10.1. The monoisotopic (exact) mass is 394 g/mol. The predicted octanol–water partition coefficient (Wildman–Crippen LogP) is 3.04. The molecule has 0 aromatic carbocycles. The Bertz CT molecular complexity index is 924. The minimum Gasteiger partial charge on any atom is -0.359 e. The largest absolute Gasteiger partial charge is 0.359 e. The van der Waals surface area contributed by atoms with Crippen LogP contribution in [0, 0.1) is 6.92 Å². The van der Waals surface area contributed by atoms with Crippen LogP contribution in [0.5, 0.6) is 0 Å². The Morgan fingerprint density at radius 1 is 1.17 bits per heavy atom. The Balaban J connectivity index is 1.92. The average Bonchev–Trinajstić information content (AvgIpc) is 3.19. The van der Waals surface area contributed by atoms with Crippen LogP contribution in [-0.2, 0) is 11.2 Å². The van der Waals surface area contributed by atoms with E-state index in [1.165, 1.54) is 16.8 Å². The van der Waals surface area contributed by atoms with Crippen LogP contribution in [0.25, 0.3) is 6.08 Å². The van der Waals surface area contributed by atoms with E-state index < -0.39 is 0 Å². The first-order valence-corrected chi connectivity index (χ1v) is 10.1. The summed E-state index contributed by atoms with van der Waals surface area (Å²) in [6, 6.07) is 1.74. The summed E-state index contributed by atoms with van der Waals surface area (Å²) in [5.41, 5.74) is 8.27. The van der Waals surface area contributed by atoms with Crippen LogP contribution in [0.2, 0.25) is 0 Å². The van der Waals surface area contributed by atoms with E-state index in [4.69, 9.17) is 0 Å². The lowest BCUT2D eigenvalue weighted by Gasteiger charge is -2.12. The zero-order valence-corrected chi connectivity index (χ0v) is 17.9. The number of hydrazone groups is 1. The van der Waals surface area contributed by atoms with E-state index in [0.717, 1.165) is 31.5 Å². The summed E-state index contributed by atoms with van der Waals surface area (Å²) in [6.07, 6.45) is 8.52. The standard InChI is InChI=1S/C22H30N6O/c1-14(2)19-16(9-6-7-12-28(4)5)15(3)25-18(19)13-17-20(26-27-22(17)29)21-23-10-8-11-24-21/h8,10-11,13-14,25H,6-7,9,12H2,1-5H3,(H,27,29). The lowest BCUT2D eigenvalue weighted by molar-refractivity contribution is -0.116. The molecule has 2 aromatic rings. The van der Waals surface area contributed by atoms with Gasteiger partial charge in [0.05, 0.1) is 5.57 Å². The van der Waals surface area contributed by atoms with E-state index in [2.05, 4.69) is 65.2 Å². The molecule has 7 nitrogen and oxygen atoms in total. The maximum atomic E-state index is 12.4. The van der Waals surface area contributed by atoms with Crippen LogP contribution < -0.4 is 5.43 Å². The fourth-order valence-corrected chi connectivity index (χ4v) is 3.74. The molecule has 7 heteroatoms. The van der Waals surface area contributed by atoms with Gasteiger partial charge in [0.15, 0.2) is 5.82 Å². The van der Waals surface area contributed by atoms with Crippen molar-refractivity contribution in [2.24, 2.45) is 5.10 Å². The Morgan fingerprint density at radius 2 is 1.90 bits per heavy atom. The van der Waals surface area contributed by atoms with Gasteiger partial charge in [-0.05, 0) is 76.0 Å². The minimum atomic E-state index is -0.234. The van der Waals surface area contributed by atoms with Crippen LogP contribution in [0.4, 0.5) is 0 Å². The quantitative estimate of drug-likeness (QED) is 0.532. The molecule has 0 radical (unpaired) electrons. The maximum absolute atomic E-state index is 12.4. The molecule has 3 rings (SSSR count). The number of unbranched alkanes of at least 4 members (excludes halogenated alkanes) is 1. The Hall–Kier alpha value is -2.80. The predicted molar refractivity (Wildman–Crippen MR) is 116 cm³/mol. The third-order valence-corrected chi connectivity index (χ3v) is 5.08. The molecule has 1 aliphatic rings. The highest BCUT2D eigenvalue weighted by Crippen LogP contribution is 2.30. The molecule has 1 amide bonds. The van der Waals surface area contributed by atoms with Crippen LogP contribution in [0.3, 0.4) is 0 Å². The molecule has 0 saturated heterocycles. The SMILES string of the molecule is Cc1[nH]c(C=C2C(=O)NN=C2c2ncccn2)c(C(C)C)c1CCCCN(C)C. The van der Waals surface area contributed by atoms with Crippen molar-refractivity contribution in [3.63, 3.8) is 0 Å². The molecular weight excluding hydrogens is 364 g/mol. The highest BCUT2D eigenvalue weighted by Gasteiger charge is 2.27. The van der Waals surface area contributed by atoms with Crippen molar-refractivity contribution in [2.45, 2.75) is 46.0 Å². The summed E-state index contributed by atoms with van der Waals surface area (Å²) in [5, 5.41) is 4.15. The van der Waals surface area contributed by atoms with Gasteiger partial charge in [0.1, 0.15) is 5.71 Å². The molecule has 0 fully saturated rings. The fourth-order valence-electron chi connectivity index (χ4n) is 3.74. The van der Waals surface area contributed by atoms with Crippen molar-refractivity contribution < 1.29 is 4.79 Å². The summed E-state index contributed by atoms with van der Waals surface area (Å²) in [7, 11) is 4.21. The number of H-pyrrole nitrogens is 1. The van der Waals surface area contributed by atoms with E-state index in [9.17, 15) is 4.79 Å². The Morgan fingerprint density at radius 3 is 2.55 bits per heavy atom. The second-order valence-corrected chi connectivity index (χ2v) is 8.00. The number of aromatic amines is 1. The number of amides is 1. The van der Waals surface area contributed by atoms with Crippen LogP contribution in [-0.4, -0.2) is 52.1 Å². The summed E-state index contributed by atoms with van der Waals surface area (Å²) in [6.45, 7) is 7.59. The number of rotatable bonds is 8. The molecule has 3 heterocycles. The van der Waals surface area contributed by atoms with Gasteiger partial charge in [-0.15, -0.1) is 0 Å². The summed E-state index contributed by atoms with van der Waals surface area (Å²) < 4.78 is 0. The van der Waals surface area contributed by atoms with Crippen molar-refractivity contribution in [1.82, 2.24) is 25.3 Å². The van der Waals surface area contributed by atoms with E-state index in [1.807, 2.05) is 6.08 Å². The third-order valence-electron chi connectivity index (χ3n) is 5.08. The van der Waals surface area contributed by atoms with Gasteiger partial charge in [-0.1, -0.05) is 13.8 Å². The van der Waals surface area contributed by atoms with Gasteiger partial charge < -0.3 is 9.88 Å². The molecule has 2 aromatic heterocycles. The normalized spacial score (nSPS) is 15.5. The molecule has 0 spiro atoms. The highest BCUT2D eigenvalue weighted by molar-refractivity contribution is 6.32. The van der Waals surface area contributed by atoms with E-state index >= 15 is 0 Å². The van der Waals surface area contributed by atoms with Crippen molar-refractivity contribution in [2.75, 3.05) is 20.6 Å². The van der Waals surface area contributed by atoms with E-state index in [1.54, 1.807) is 18.5 Å². The lowest BCUT2D eigenvalue weighted by Crippen LogP contribution is -2.14. The lowest BCUT2D eigenvalue weighted by atomic mass is 9.93. The Labute approximate surface area is 172 Å². The van der Waals surface area contributed by atoms with E-state index in [0.29, 0.717) is 23.0 Å². The first kappa shape index (κ1) is 20.9. The second kappa shape index (κ2) is 9.13. The van der Waals surface area contributed by atoms with Crippen LogP contribution in [0.15, 0.2) is 29.1 Å². The number of carbonyl (C=O) groups excluding carboxylic acids is 1. The molecule has 0 unspecified atom stereocenters. The zero-order chi connectivity index (χ0) is 21.0. The number of nitrogens with zero attached hydrogens (tertiary/aromatic N) is 4. The smallest absolute Gasteiger partial charge is 0.273 e. The third kappa shape index (κ3) is 4.79. The Kier molecular flexibility index (Phi) is 6.59. The van der Waals surface area contributed by atoms with Gasteiger partial charge in [0.2, 0.25) is 0 Å². The van der Waals surface area contributed by atoms with Gasteiger partial charge in [0, 0.05) is 23.8 Å². The molecule has 0 saturated carbocycles. The van der Waals surface area contributed by atoms with Gasteiger partial charge >= 0.3 is 0 Å². The number of carbonyl (C=O) groups is 1. The number of aryl methyl sites for hydroxylation is 1. The molecule has 0 atom stereocenters. The molecular formula is C22H30N6O. The molecule has 1 aliphatic heterocycles. The van der Waals surface area contributed by atoms with Crippen molar-refractivity contribution in [3.05, 3.63) is 52.4 Å². The molecule has 29 heavy (non-hydrogen) atoms. The second-order valence-electron chi connectivity index (χ2n) is 8.00. The number of aromatic nitrogens is 3.